The Morgan fingerprint density at radius 3 is 2.78 bits per heavy atom. The lowest BCUT2D eigenvalue weighted by molar-refractivity contribution is -0.128. The fourth-order valence-corrected chi connectivity index (χ4v) is 3.79. The minimum absolute atomic E-state index is 0.0573. The van der Waals surface area contributed by atoms with E-state index in [1.165, 1.54) is 4.90 Å². The Morgan fingerprint density at radius 2 is 1.96 bits per heavy atom. The zero-order valence-electron chi connectivity index (χ0n) is 15.0. The second kappa shape index (κ2) is 7.46. The normalized spacial score (nSPS) is 21.6. The van der Waals surface area contributed by atoms with Gasteiger partial charge >= 0.3 is 6.03 Å². The first-order valence-corrected chi connectivity index (χ1v) is 9.40. The van der Waals surface area contributed by atoms with Gasteiger partial charge in [-0.25, -0.2) is 4.79 Å². The number of hydrogen-bond acceptors (Lipinski definition) is 5. The van der Waals surface area contributed by atoms with E-state index in [1.807, 2.05) is 0 Å². The zero-order chi connectivity index (χ0) is 18.8. The van der Waals surface area contributed by atoms with Crippen LogP contribution in [0.1, 0.15) is 44.1 Å². The number of imide groups is 1. The van der Waals surface area contributed by atoms with Crippen molar-refractivity contribution in [1.82, 2.24) is 15.5 Å². The summed E-state index contributed by atoms with van der Waals surface area (Å²) in [7, 11) is 0. The molecule has 1 aromatic rings. The summed E-state index contributed by atoms with van der Waals surface area (Å²) >= 11 is 0. The fraction of sp³-hybridized carbons (Fsp3) is 0.526. The van der Waals surface area contributed by atoms with Crippen LogP contribution in [-0.2, 0) is 16.1 Å². The molecule has 8 heteroatoms. The molecule has 3 aliphatic rings. The van der Waals surface area contributed by atoms with Crippen molar-refractivity contribution in [3.05, 3.63) is 23.8 Å². The number of benzene rings is 1. The van der Waals surface area contributed by atoms with E-state index in [-0.39, 0.29) is 37.6 Å². The van der Waals surface area contributed by atoms with Crippen molar-refractivity contribution >= 4 is 17.8 Å². The molecule has 1 saturated heterocycles. The minimum Gasteiger partial charge on any atom is -0.454 e. The van der Waals surface area contributed by atoms with E-state index in [1.54, 1.807) is 18.2 Å². The molecule has 1 saturated carbocycles. The smallest absolute Gasteiger partial charge is 0.325 e. The van der Waals surface area contributed by atoms with Crippen LogP contribution in [0.5, 0.6) is 11.5 Å². The van der Waals surface area contributed by atoms with Crippen molar-refractivity contribution in [3.63, 3.8) is 0 Å². The van der Waals surface area contributed by atoms with Gasteiger partial charge in [-0.15, -0.1) is 0 Å². The van der Waals surface area contributed by atoms with Crippen molar-refractivity contribution in [2.45, 2.75) is 57.2 Å². The second-order valence-corrected chi connectivity index (χ2v) is 7.20. The summed E-state index contributed by atoms with van der Waals surface area (Å²) in [5, 5.41) is 5.68. The molecule has 8 nitrogen and oxygen atoms in total. The third kappa shape index (κ3) is 3.84. The molecule has 4 rings (SSSR count). The standard InChI is InChI=1S/C19H23N3O5/c23-17(20-13-3-1-2-4-13)8-6-14-18(24)22(19(25)21-14)10-12-5-7-15-16(9-12)27-11-26-15/h5,7,9,13-14H,1-4,6,8,10-11H2,(H,20,23)(H,21,25). The molecule has 1 aliphatic carbocycles. The average Bonchev–Trinajstić information content (AvgIpc) is 3.37. The Balaban J connectivity index is 1.31. The number of nitrogens with one attached hydrogen (secondary N) is 2. The molecule has 0 spiro atoms. The van der Waals surface area contributed by atoms with Crippen molar-refractivity contribution in [2.24, 2.45) is 0 Å². The number of rotatable bonds is 6. The van der Waals surface area contributed by atoms with Gasteiger partial charge in [0.25, 0.3) is 5.91 Å². The monoisotopic (exact) mass is 373 g/mol. The zero-order valence-corrected chi connectivity index (χ0v) is 15.0. The lowest BCUT2D eigenvalue weighted by Gasteiger charge is -2.14. The maximum atomic E-state index is 12.6. The Labute approximate surface area is 157 Å². The summed E-state index contributed by atoms with van der Waals surface area (Å²) in [5.41, 5.74) is 0.780. The summed E-state index contributed by atoms with van der Waals surface area (Å²) < 4.78 is 10.6. The molecule has 0 aromatic heterocycles. The molecule has 0 bridgehead atoms. The molecule has 1 aromatic carbocycles. The van der Waals surface area contributed by atoms with Gasteiger partial charge in [-0.05, 0) is 37.0 Å². The molecule has 4 amide bonds. The molecule has 2 N–H and O–H groups in total. The Kier molecular flexibility index (Phi) is 4.87. The molecule has 144 valence electrons. The second-order valence-electron chi connectivity index (χ2n) is 7.20. The summed E-state index contributed by atoms with van der Waals surface area (Å²) in [5.74, 6) is 0.909. The quantitative estimate of drug-likeness (QED) is 0.740. The van der Waals surface area contributed by atoms with Crippen LogP contribution < -0.4 is 20.1 Å². The molecule has 1 atom stereocenters. The highest BCUT2D eigenvalue weighted by Crippen LogP contribution is 2.33. The van der Waals surface area contributed by atoms with Crippen LogP contribution in [0.15, 0.2) is 18.2 Å². The Bertz CT molecular complexity index is 760. The van der Waals surface area contributed by atoms with Gasteiger partial charge in [0, 0.05) is 12.5 Å². The number of fused-ring (bicyclic) bond motifs is 1. The third-order valence-electron chi connectivity index (χ3n) is 5.27. The third-order valence-corrected chi connectivity index (χ3v) is 5.27. The summed E-state index contributed by atoms with van der Waals surface area (Å²) in [6.07, 6.45) is 4.88. The molecule has 2 heterocycles. The highest BCUT2D eigenvalue weighted by atomic mass is 16.7. The maximum Gasteiger partial charge on any atom is 0.325 e. The molecule has 2 fully saturated rings. The number of hydrogen-bond donors (Lipinski definition) is 2. The molecule has 2 aliphatic heterocycles. The van der Waals surface area contributed by atoms with Crippen LogP contribution in [0.25, 0.3) is 0 Å². The minimum atomic E-state index is -0.652. The summed E-state index contributed by atoms with van der Waals surface area (Å²) in [6.45, 7) is 0.332. The van der Waals surface area contributed by atoms with Crippen LogP contribution in [0, 0.1) is 0 Å². The number of amides is 4. The van der Waals surface area contributed by atoms with Gasteiger partial charge in [0.1, 0.15) is 6.04 Å². The predicted octanol–water partition coefficient (Wildman–Crippen LogP) is 1.67. The SMILES string of the molecule is O=C(CCC1NC(=O)N(Cc2ccc3c(c2)OCO3)C1=O)NC1CCCC1. The highest BCUT2D eigenvalue weighted by Gasteiger charge is 2.38. The Morgan fingerprint density at radius 1 is 1.19 bits per heavy atom. The first kappa shape index (κ1) is 17.6. The van der Waals surface area contributed by atoms with Gasteiger partial charge in [0.2, 0.25) is 12.7 Å². The molecular weight excluding hydrogens is 350 g/mol. The number of urea groups is 1. The van der Waals surface area contributed by atoms with Gasteiger partial charge < -0.3 is 20.1 Å². The molecule has 27 heavy (non-hydrogen) atoms. The van der Waals surface area contributed by atoms with Crippen molar-refractivity contribution in [1.29, 1.82) is 0 Å². The number of carbonyl (C=O) groups excluding carboxylic acids is 3. The number of ether oxygens (including phenoxy) is 2. The van der Waals surface area contributed by atoms with Crippen LogP contribution in [0.4, 0.5) is 4.79 Å². The van der Waals surface area contributed by atoms with Crippen molar-refractivity contribution in [2.75, 3.05) is 6.79 Å². The van der Waals surface area contributed by atoms with Gasteiger partial charge in [0.15, 0.2) is 11.5 Å². The van der Waals surface area contributed by atoms with E-state index >= 15 is 0 Å². The van der Waals surface area contributed by atoms with Gasteiger partial charge in [-0.1, -0.05) is 18.9 Å². The van der Waals surface area contributed by atoms with Crippen LogP contribution >= 0.6 is 0 Å². The van der Waals surface area contributed by atoms with E-state index in [4.69, 9.17) is 9.47 Å². The van der Waals surface area contributed by atoms with Crippen LogP contribution in [-0.4, -0.2) is 41.6 Å². The predicted molar refractivity (Wildman–Crippen MR) is 95.1 cm³/mol. The fourth-order valence-electron chi connectivity index (χ4n) is 3.79. The average molecular weight is 373 g/mol. The van der Waals surface area contributed by atoms with E-state index in [0.29, 0.717) is 17.9 Å². The summed E-state index contributed by atoms with van der Waals surface area (Å²) in [6, 6.07) is 4.51. The Hall–Kier alpha value is -2.77. The summed E-state index contributed by atoms with van der Waals surface area (Å²) in [4.78, 5) is 38.0. The van der Waals surface area contributed by atoms with E-state index < -0.39 is 12.1 Å². The lowest BCUT2D eigenvalue weighted by Crippen LogP contribution is -2.35. The van der Waals surface area contributed by atoms with Gasteiger partial charge in [-0.2, -0.15) is 0 Å². The first-order chi connectivity index (χ1) is 13.1. The van der Waals surface area contributed by atoms with Crippen molar-refractivity contribution < 1.29 is 23.9 Å². The van der Waals surface area contributed by atoms with E-state index in [9.17, 15) is 14.4 Å². The lowest BCUT2D eigenvalue weighted by atomic mass is 10.1. The molecular formula is C19H23N3O5. The first-order valence-electron chi connectivity index (χ1n) is 9.40. The van der Waals surface area contributed by atoms with Gasteiger partial charge in [0.05, 0.1) is 6.54 Å². The maximum absolute atomic E-state index is 12.6. The van der Waals surface area contributed by atoms with Crippen LogP contribution in [0.3, 0.4) is 0 Å². The van der Waals surface area contributed by atoms with Crippen LogP contribution in [0.2, 0.25) is 0 Å². The number of carbonyl (C=O) groups is 3. The van der Waals surface area contributed by atoms with Gasteiger partial charge in [-0.3, -0.25) is 14.5 Å². The van der Waals surface area contributed by atoms with E-state index in [0.717, 1.165) is 31.2 Å². The number of nitrogens with zero attached hydrogens (tertiary/aromatic N) is 1. The molecule has 1 unspecified atom stereocenters. The largest absolute Gasteiger partial charge is 0.454 e. The van der Waals surface area contributed by atoms with E-state index in [2.05, 4.69) is 10.6 Å². The molecule has 0 radical (unpaired) electrons. The topological polar surface area (TPSA) is 97.0 Å². The van der Waals surface area contributed by atoms with Crippen molar-refractivity contribution in [3.8, 4) is 11.5 Å². The highest BCUT2D eigenvalue weighted by molar-refractivity contribution is 6.04.